The Kier molecular flexibility index (Phi) is 4.68. The summed E-state index contributed by atoms with van der Waals surface area (Å²) in [5.74, 6) is 1.41. The highest BCUT2D eigenvalue weighted by molar-refractivity contribution is 5.83. The van der Waals surface area contributed by atoms with Gasteiger partial charge in [-0.1, -0.05) is 0 Å². The first-order valence-corrected chi connectivity index (χ1v) is 7.02. The molecule has 2 aliphatic rings. The van der Waals surface area contributed by atoms with Crippen molar-refractivity contribution in [2.45, 2.75) is 37.8 Å². The molecule has 0 spiro atoms. The fraction of sp³-hybridized carbons (Fsp3) is 0.643. The van der Waals surface area contributed by atoms with Crippen LogP contribution >= 0.6 is 0 Å². The molecule has 3 amide bonds. The number of carboxylic acids is 1. The topological polar surface area (TPSA) is 98.7 Å². The number of nitrogens with zero attached hydrogens (tertiary/aromatic N) is 1. The second-order valence-electron chi connectivity index (χ2n) is 5.46. The summed E-state index contributed by atoms with van der Waals surface area (Å²) in [4.78, 5) is 36.1. The number of hydrogen-bond donors (Lipinski definition) is 3. The molecule has 0 aromatic rings. The minimum Gasteiger partial charge on any atom is -0.480 e. The van der Waals surface area contributed by atoms with Gasteiger partial charge < -0.3 is 20.6 Å². The molecule has 7 heteroatoms. The summed E-state index contributed by atoms with van der Waals surface area (Å²) in [5, 5.41) is 14.4. The van der Waals surface area contributed by atoms with E-state index in [0.29, 0.717) is 25.9 Å². The number of carbonyl (C=O) groups is 3. The zero-order valence-corrected chi connectivity index (χ0v) is 11.7. The van der Waals surface area contributed by atoms with Crippen LogP contribution in [0.25, 0.3) is 0 Å². The van der Waals surface area contributed by atoms with Gasteiger partial charge in [0.15, 0.2) is 0 Å². The van der Waals surface area contributed by atoms with E-state index in [1.165, 1.54) is 0 Å². The summed E-state index contributed by atoms with van der Waals surface area (Å²) in [7, 11) is 0. The van der Waals surface area contributed by atoms with E-state index in [4.69, 9.17) is 11.5 Å². The number of nitrogens with one attached hydrogen (secondary N) is 2. The van der Waals surface area contributed by atoms with Gasteiger partial charge in [0, 0.05) is 32.0 Å². The Morgan fingerprint density at radius 2 is 2.29 bits per heavy atom. The van der Waals surface area contributed by atoms with Crippen LogP contribution in [-0.2, 0) is 9.59 Å². The fourth-order valence-corrected chi connectivity index (χ4v) is 2.85. The van der Waals surface area contributed by atoms with E-state index in [1.54, 1.807) is 4.90 Å². The maximum absolute atomic E-state index is 12.1. The van der Waals surface area contributed by atoms with Crippen LogP contribution in [0.3, 0.4) is 0 Å². The Morgan fingerprint density at radius 1 is 1.52 bits per heavy atom. The van der Waals surface area contributed by atoms with Crippen LogP contribution in [0, 0.1) is 18.3 Å². The predicted octanol–water partition coefficient (Wildman–Crippen LogP) is -0.227. The molecular formula is C14H19N3O4. The number of hydrogen-bond acceptors (Lipinski definition) is 3. The molecule has 3 unspecified atom stereocenters. The van der Waals surface area contributed by atoms with Crippen molar-refractivity contribution in [1.29, 1.82) is 0 Å². The monoisotopic (exact) mass is 293 g/mol. The Labute approximate surface area is 123 Å². The van der Waals surface area contributed by atoms with Gasteiger partial charge in [0.05, 0.1) is 0 Å². The Balaban J connectivity index is 1.91. The van der Waals surface area contributed by atoms with Crippen LogP contribution in [0.4, 0.5) is 4.79 Å². The molecule has 2 saturated heterocycles. The molecule has 0 aromatic heterocycles. The summed E-state index contributed by atoms with van der Waals surface area (Å²) in [6.45, 7) is 1.02. The molecule has 3 atom stereocenters. The van der Waals surface area contributed by atoms with E-state index in [0.717, 1.165) is 6.42 Å². The van der Waals surface area contributed by atoms with Crippen LogP contribution in [0.1, 0.15) is 25.7 Å². The highest BCUT2D eigenvalue weighted by Crippen LogP contribution is 2.25. The summed E-state index contributed by atoms with van der Waals surface area (Å²) >= 11 is 0. The average molecular weight is 293 g/mol. The van der Waals surface area contributed by atoms with Crippen molar-refractivity contribution in [1.82, 2.24) is 15.5 Å². The van der Waals surface area contributed by atoms with E-state index in [9.17, 15) is 14.4 Å². The van der Waals surface area contributed by atoms with Gasteiger partial charge in [-0.05, 0) is 18.8 Å². The molecule has 2 rings (SSSR count). The van der Waals surface area contributed by atoms with Gasteiger partial charge in [0.25, 0.3) is 0 Å². The van der Waals surface area contributed by atoms with E-state index in [-0.39, 0.29) is 24.3 Å². The lowest BCUT2D eigenvalue weighted by molar-refractivity contribution is -0.139. The Hall–Kier alpha value is -2.23. The highest BCUT2D eigenvalue weighted by Gasteiger charge is 2.35. The molecule has 2 fully saturated rings. The number of piperidine rings is 2. The lowest BCUT2D eigenvalue weighted by Gasteiger charge is -2.41. The fourth-order valence-electron chi connectivity index (χ4n) is 2.85. The molecule has 0 radical (unpaired) electrons. The zero-order valence-electron chi connectivity index (χ0n) is 11.7. The third-order valence-electron chi connectivity index (χ3n) is 4.03. The lowest BCUT2D eigenvalue weighted by atomic mass is 9.85. The Morgan fingerprint density at radius 3 is 2.95 bits per heavy atom. The van der Waals surface area contributed by atoms with Gasteiger partial charge in [0.2, 0.25) is 5.91 Å². The first-order chi connectivity index (χ1) is 10.0. The van der Waals surface area contributed by atoms with Crippen LogP contribution < -0.4 is 10.6 Å². The highest BCUT2D eigenvalue weighted by atomic mass is 16.4. The smallest absolute Gasteiger partial charge is 0.327 e. The van der Waals surface area contributed by atoms with Gasteiger partial charge in [0.1, 0.15) is 6.04 Å². The second kappa shape index (κ2) is 6.48. The van der Waals surface area contributed by atoms with Crippen molar-refractivity contribution in [2.75, 3.05) is 13.1 Å². The summed E-state index contributed by atoms with van der Waals surface area (Å²) in [6, 6.07) is -1.35. The standard InChI is InChI=1S/C14H19N3O4/c1-2-3-11(13(19)20)16-14(21)17-7-6-10-9(8-17)4-5-12(18)15-10/h1,9-11H,3-8H2,(H,15,18)(H,16,21)(H,19,20). The molecule has 0 bridgehead atoms. The third kappa shape index (κ3) is 3.66. The van der Waals surface area contributed by atoms with Crippen LogP contribution in [-0.4, -0.2) is 53.1 Å². The van der Waals surface area contributed by atoms with Crippen LogP contribution in [0.2, 0.25) is 0 Å². The van der Waals surface area contributed by atoms with Gasteiger partial charge in [-0.2, -0.15) is 0 Å². The van der Waals surface area contributed by atoms with Crippen molar-refractivity contribution in [3.8, 4) is 12.3 Å². The molecule has 3 N–H and O–H groups in total. The molecule has 7 nitrogen and oxygen atoms in total. The second-order valence-corrected chi connectivity index (χ2v) is 5.46. The Bertz CT molecular complexity index is 485. The van der Waals surface area contributed by atoms with Crippen molar-refractivity contribution in [3.63, 3.8) is 0 Å². The lowest BCUT2D eigenvalue weighted by Crippen LogP contribution is -2.57. The predicted molar refractivity (Wildman–Crippen MR) is 74.3 cm³/mol. The number of fused-ring (bicyclic) bond motifs is 1. The number of terminal acetylenes is 1. The molecule has 0 aliphatic carbocycles. The molecule has 0 saturated carbocycles. The van der Waals surface area contributed by atoms with E-state index < -0.39 is 18.0 Å². The van der Waals surface area contributed by atoms with E-state index in [1.807, 2.05) is 0 Å². The average Bonchev–Trinajstić information content (AvgIpc) is 2.45. The van der Waals surface area contributed by atoms with Gasteiger partial charge in [-0.25, -0.2) is 9.59 Å². The van der Waals surface area contributed by atoms with Gasteiger partial charge in [-0.3, -0.25) is 4.79 Å². The number of carboxylic acid groups (broad SMARTS) is 1. The van der Waals surface area contributed by atoms with Crippen LogP contribution in [0.5, 0.6) is 0 Å². The number of aliphatic carboxylic acids is 1. The quantitative estimate of drug-likeness (QED) is 0.626. The summed E-state index contributed by atoms with van der Waals surface area (Å²) in [5.41, 5.74) is 0. The molecule has 2 heterocycles. The maximum atomic E-state index is 12.1. The van der Waals surface area contributed by atoms with Gasteiger partial charge in [-0.15, -0.1) is 12.3 Å². The molecule has 2 aliphatic heterocycles. The summed E-state index contributed by atoms with van der Waals surface area (Å²) in [6.07, 6.45) is 6.98. The zero-order chi connectivity index (χ0) is 15.4. The minimum atomic E-state index is -1.14. The number of likely N-dealkylation sites (tertiary alicyclic amines) is 1. The van der Waals surface area contributed by atoms with Crippen molar-refractivity contribution >= 4 is 17.9 Å². The largest absolute Gasteiger partial charge is 0.480 e. The summed E-state index contributed by atoms with van der Waals surface area (Å²) < 4.78 is 0. The van der Waals surface area contributed by atoms with Crippen molar-refractivity contribution < 1.29 is 19.5 Å². The molecule has 0 aromatic carbocycles. The number of rotatable bonds is 3. The normalized spacial score (nSPS) is 26.0. The van der Waals surface area contributed by atoms with Crippen LogP contribution in [0.15, 0.2) is 0 Å². The number of urea groups is 1. The van der Waals surface area contributed by atoms with Gasteiger partial charge >= 0.3 is 12.0 Å². The van der Waals surface area contributed by atoms with Crippen molar-refractivity contribution in [3.05, 3.63) is 0 Å². The molecular weight excluding hydrogens is 274 g/mol. The van der Waals surface area contributed by atoms with E-state index >= 15 is 0 Å². The van der Waals surface area contributed by atoms with E-state index in [2.05, 4.69) is 16.6 Å². The first kappa shape index (κ1) is 15.2. The third-order valence-corrected chi connectivity index (χ3v) is 4.03. The molecule has 21 heavy (non-hydrogen) atoms. The molecule has 114 valence electrons. The number of amides is 3. The number of carbonyl (C=O) groups excluding carboxylic acids is 2. The first-order valence-electron chi connectivity index (χ1n) is 7.02. The SMILES string of the molecule is C#CCC(NC(=O)N1CCC2NC(=O)CCC2C1)C(=O)O. The van der Waals surface area contributed by atoms with Crippen molar-refractivity contribution in [2.24, 2.45) is 5.92 Å². The maximum Gasteiger partial charge on any atom is 0.327 e. The minimum absolute atomic E-state index is 0.0446.